The van der Waals surface area contributed by atoms with Crippen LogP contribution < -0.4 is 5.73 Å². The van der Waals surface area contributed by atoms with E-state index in [0.29, 0.717) is 12.5 Å². The minimum atomic E-state index is -0.182. The van der Waals surface area contributed by atoms with Crippen molar-refractivity contribution >= 4 is 5.96 Å². The zero-order valence-corrected chi connectivity index (χ0v) is 10.4. The maximum atomic E-state index is 5.87. The molecule has 1 aliphatic heterocycles. The van der Waals surface area contributed by atoms with Gasteiger partial charge in [-0.25, -0.2) is 0 Å². The molecule has 92 valence electrons. The van der Waals surface area contributed by atoms with E-state index in [1.165, 1.54) is 19.3 Å². The normalized spacial score (nSPS) is 22.1. The third kappa shape index (κ3) is 3.37. The first-order valence-electron chi connectivity index (χ1n) is 6.26. The molecule has 1 heterocycles. The number of nitrogens with zero attached hydrogens (tertiary/aromatic N) is 2. The molecule has 0 spiro atoms. The maximum absolute atomic E-state index is 5.87. The van der Waals surface area contributed by atoms with Crippen LogP contribution in [-0.2, 0) is 4.74 Å². The number of hydrogen-bond donors (Lipinski definition) is 1. The van der Waals surface area contributed by atoms with E-state index >= 15 is 0 Å². The smallest absolute Gasteiger partial charge is 0.191 e. The van der Waals surface area contributed by atoms with E-state index in [-0.39, 0.29) is 5.60 Å². The molecule has 0 radical (unpaired) electrons. The van der Waals surface area contributed by atoms with Gasteiger partial charge in [0, 0.05) is 13.1 Å². The van der Waals surface area contributed by atoms with Crippen molar-refractivity contribution in [1.29, 1.82) is 0 Å². The fraction of sp³-hybridized carbons (Fsp3) is 0.917. The summed E-state index contributed by atoms with van der Waals surface area (Å²) in [6, 6.07) is 0. The summed E-state index contributed by atoms with van der Waals surface area (Å²) in [6.07, 6.45) is 3.89. The molecule has 0 aromatic rings. The Morgan fingerprint density at radius 3 is 2.62 bits per heavy atom. The van der Waals surface area contributed by atoms with E-state index in [9.17, 15) is 0 Å². The van der Waals surface area contributed by atoms with Gasteiger partial charge in [-0.05, 0) is 39.0 Å². The van der Waals surface area contributed by atoms with Crippen LogP contribution in [0.1, 0.15) is 33.1 Å². The molecule has 4 nitrogen and oxygen atoms in total. The van der Waals surface area contributed by atoms with E-state index in [1.807, 2.05) is 0 Å². The molecule has 0 amide bonds. The van der Waals surface area contributed by atoms with Crippen LogP contribution in [0.4, 0.5) is 0 Å². The highest BCUT2D eigenvalue weighted by molar-refractivity contribution is 5.78. The standard InChI is InChI=1S/C12H23N3O/c1-12(2,16-8-10-4-5-10)9-14-11(13)15-6-3-7-15/h10H,3-9H2,1-2H3,(H2,13,14). The van der Waals surface area contributed by atoms with Crippen molar-refractivity contribution in [3.05, 3.63) is 0 Å². The van der Waals surface area contributed by atoms with E-state index < -0.39 is 0 Å². The Kier molecular flexibility index (Phi) is 3.38. The highest BCUT2D eigenvalue weighted by Gasteiger charge is 2.26. The molecule has 2 fully saturated rings. The van der Waals surface area contributed by atoms with E-state index in [2.05, 4.69) is 23.7 Å². The summed E-state index contributed by atoms with van der Waals surface area (Å²) in [5.41, 5.74) is 5.69. The Morgan fingerprint density at radius 2 is 2.12 bits per heavy atom. The maximum Gasteiger partial charge on any atom is 0.191 e. The molecule has 0 aromatic heterocycles. The summed E-state index contributed by atoms with van der Waals surface area (Å²) >= 11 is 0. The van der Waals surface area contributed by atoms with Crippen molar-refractivity contribution in [2.45, 2.75) is 38.7 Å². The Hall–Kier alpha value is -0.770. The number of rotatable bonds is 5. The number of aliphatic imine (C=N–C) groups is 1. The van der Waals surface area contributed by atoms with Gasteiger partial charge >= 0.3 is 0 Å². The second-order valence-corrected chi connectivity index (χ2v) is 5.53. The molecule has 2 rings (SSSR count). The topological polar surface area (TPSA) is 50.8 Å². The van der Waals surface area contributed by atoms with Crippen LogP contribution in [0.3, 0.4) is 0 Å². The Bertz CT molecular complexity index is 267. The first kappa shape index (κ1) is 11.7. The number of hydrogen-bond acceptors (Lipinski definition) is 2. The van der Waals surface area contributed by atoms with Crippen LogP contribution in [0.15, 0.2) is 4.99 Å². The molecule has 0 bridgehead atoms. The number of likely N-dealkylation sites (tertiary alicyclic amines) is 1. The van der Waals surface area contributed by atoms with Gasteiger partial charge in [0.1, 0.15) is 0 Å². The number of guanidine groups is 1. The van der Waals surface area contributed by atoms with Gasteiger partial charge in [-0.1, -0.05) is 0 Å². The quantitative estimate of drug-likeness (QED) is 0.565. The van der Waals surface area contributed by atoms with Gasteiger partial charge in [-0.2, -0.15) is 0 Å². The number of ether oxygens (including phenoxy) is 1. The molecule has 0 aromatic carbocycles. The van der Waals surface area contributed by atoms with Crippen LogP contribution in [0, 0.1) is 5.92 Å². The molecular formula is C12H23N3O. The van der Waals surface area contributed by atoms with Crippen molar-refractivity contribution in [3.8, 4) is 0 Å². The molecule has 16 heavy (non-hydrogen) atoms. The SMILES string of the molecule is CC(C)(CN=C(N)N1CCC1)OCC1CC1. The van der Waals surface area contributed by atoms with Gasteiger partial charge in [0.15, 0.2) is 5.96 Å². The predicted octanol–water partition coefficient (Wildman–Crippen LogP) is 1.21. The lowest BCUT2D eigenvalue weighted by Crippen LogP contribution is -2.47. The predicted molar refractivity (Wildman–Crippen MR) is 65.4 cm³/mol. The molecule has 4 heteroatoms. The van der Waals surface area contributed by atoms with Gasteiger partial charge in [0.2, 0.25) is 0 Å². The first-order chi connectivity index (χ1) is 7.57. The average molecular weight is 225 g/mol. The zero-order valence-electron chi connectivity index (χ0n) is 10.4. The minimum absolute atomic E-state index is 0.182. The molecule has 1 aliphatic carbocycles. The van der Waals surface area contributed by atoms with Crippen molar-refractivity contribution in [2.75, 3.05) is 26.2 Å². The van der Waals surface area contributed by atoms with Gasteiger partial charge in [-0.15, -0.1) is 0 Å². The summed E-state index contributed by atoms with van der Waals surface area (Å²) in [6.45, 7) is 7.82. The lowest BCUT2D eigenvalue weighted by Gasteiger charge is -2.32. The van der Waals surface area contributed by atoms with Crippen LogP contribution in [0.2, 0.25) is 0 Å². The Labute approximate surface area is 97.9 Å². The molecule has 0 atom stereocenters. The van der Waals surface area contributed by atoms with E-state index in [0.717, 1.165) is 25.6 Å². The highest BCUT2D eigenvalue weighted by Crippen LogP contribution is 2.30. The second kappa shape index (κ2) is 4.62. The van der Waals surface area contributed by atoms with Crippen molar-refractivity contribution in [1.82, 2.24) is 4.90 Å². The molecule has 1 saturated heterocycles. The summed E-state index contributed by atoms with van der Waals surface area (Å²) < 4.78 is 5.85. The van der Waals surface area contributed by atoms with Gasteiger partial charge in [-0.3, -0.25) is 4.99 Å². The minimum Gasteiger partial charge on any atom is -0.373 e. The average Bonchev–Trinajstić information content (AvgIpc) is 2.93. The monoisotopic (exact) mass is 225 g/mol. The summed E-state index contributed by atoms with van der Waals surface area (Å²) in [7, 11) is 0. The highest BCUT2D eigenvalue weighted by atomic mass is 16.5. The second-order valence-electron chi connectivity index (χ2n) is 5.53. The zero-order chi connectivity index (χ0) is 11.6. The fourth-order valence-electron chi connectivity index (χ4n) is 1.59. The Morgan fingerprint density at radius 1 is 1.44 bits per heavy atom. The van der Waals surface area contributed by atoms with Crippen LogP contribution in [-0.4, -0.2) is 42.7 Å². The molecule has 0 unspecified atom stereocenters. The van der Waals surface area contributed by atoms with Crippen molar-refractivity contribution in [3.63, 3.8) is 0 Å². The lowest BCUT2D eigenvalue weighted by molar-refractivity contribution is -0.0159. The molecular weight excluding hydrogens is 202 g/mol. The van der Waals surface area contributed by atoms with Crippen LogP contribution in [0.25, 0.3) is 0 Å². The lowest BCUT2D eigenvalue weighted by atomic mass is 10.1. The van der Waals surface area contributed by atoms with E-state index in [4.69, 9.17) is 10.5 Å². The summed E-state index contributed by atoms with van der Waals surface area (Å²) in [4.78, 5) is 6.52. The molecule has 2 aliphatic rings. The first-order valence-corrected chi connectivity index (χ1v) is 6.26. The van der Waals surface area contributed by atoms with Gasteiger partial charge < -0.3 is 15.4 Å². The molecule has 2 N–H and O–H groups in total. The largest absolute Gasteiger partial charge is 0.373 e. The van der Waals surface area contributed by atoms with Gasteiger partial charge in [0.25, 0.3) is 0 Å². The third-order valence-electron chi connectivity index (χ3n) is 3.21. The van der Waals surface area contributed by atoms with Gasteiger partial charge in [0.05, 0.1) is 18.8 Å². The summed E-state index contributed by atoms with van der Waals surface area (Å²) in [5.74, 6) is 1.48. The van der Waals surface area contributed by atoms with Crippen molar-refractivity contribution in [2.24, 2.45) is 16.6 Å². The summed E-state index contributed by atoms with van der Waals surface area (Å²) in [5, 5.41) is 0. The fourth-order valence-corrected chi connectivity index (χ4v) is 1.59. The third-order valence-corrected chi connectivity index (χ3v) is 3.21. The van der Waals surface area contributed by atoms with Crippen LogP contribution in [0.5, 0.6) is 0 Å². The van der Waals surface area contributed by atoms with Crippen molar-refractivity contribution < 1.29 is 4.74 Å². The molecule has 1 saturated carbocycles. The van der Waals surface area contributed by atoms with Crippen LogP contribution >= 0.6 is 0 Å². The Balaban J connectivity index is 1.72. The number of nitrogens with two attached hydrogens (primary N) is 1. The van der Waals surface area contributed by atoms with E-state index in [1.54, 1.807) is 0 Å².